The summed E-state index contributed by atoms with van der Waals surface area (Å²) in [5, 5.41) is -1.19. The van der Waals surface area contributed by atoms with Gasteiger partial charge in [-0.1, -0.05) is 46.4 Å². The lowest BCUT2D eigenvalue weighted by Crippen LogP contribution is -2.07. The fourth-order valence-corrected chi connectivity index (χ4v) is 4.32. The third-order valence-corrected chi connectivity index (χ3v) is 6.28. The Balaban J connectivity index is 2.35. The van der Waals surface area contributed by atoms with E-state index in [0.717, 1.165) is 24.3 Å². The molecule has 0 radical (unpaired) electrons. The smallest absolute Gasteiger partial charge is 0.166 e. The molecule has 0 aliphatic heterocycles. The maximum absolute atomic E-state index is 13.3. The summed E-state index contributed by atoms with van der Waals surface area (Å²) in [6.07, 6.45) is -9.42. The van der Waals surface area contributed by atoms with E-state index >= 15 is 0 Å². The summed E-state index contributed by atoms with van der Waals surface area (Å²) in [6.45, 7) is 0. The average Bonchev–Trinajstić information content (AvgIpc) is 2.60. The Morgan fingerprint density at radius 2 is 0.679 bits per heavy atom. The van der Waals surface area contributed by atoms with Gasteiger partial charge in [-0.05, 0) is 24.3 Å². The Kier molecular flexibility index (Phi) is 4.33. The minimum absolute atomic E-state index is 0.0766. The van der Waals surface area contributed by atoms with E-state index in [1.165, 1.54) is 0 Å². The highest BCUT2D eigenvalue weighted by Crippen LogP contribution is 2.51. The van der Waals surface area contributed by atoms with Gasteiger partial charge in [0, 0.05) is 32.3 Å². The summed E-state index contributed by atoms with van der Waals surface area (Å²) >= 11 is 24.6. The molecule has 0 unspecified atom stereocenters. The molecule has 0 aromatic heterocycles. The fraction of sp³-hybridized carbons (Fsp3) is 0.111. The molecule has 0 bridgehead atoms. The van der Waals surface area contributed by atoms with Crippen LogP contribution in [-0.4, -0.2) is 0 Å². The van der Waals surface area contributed by atoms with Crippen LogP contribution in [-0.2, 0) is 12.4 Å². The summed E-state index contributed by atoms with van der Waals surface area (Å²) in [5.74, 6) is 0. The zero-order valence-electron chi connectivity index (χ0n) is 13.1. The van der Waals surface area contributed by atoms with Crippen LogP contribution in [0.25, 0.3) is 32.3 Å². The van der Waals surface area contributed by atoms with Gasteiger partial charge in [0.15, 0.2) is 0 Å². The van der Waals surface area contributed by atoms with Crippen molar-refractivity contribution in [3.05, 3.63) is 55.5 Å². The lowest BCUT2D eigenvalue weighted by Gasteiger charge is -2.20. The topological polar surface area (TPSA) is 0 Å². The first-order valence-corrected chi connectivity index (χ1v) is 8.96. The molecule has 0 saturated heterocycles. The predicted octanol–water partition coefficient (Wildman–Crippen LogP) is 9.24. The normalized spacial score (nSPS) is 13.4. The van der Waals surface area contributed by atoms with Gasteiger partial charge in [-0.25, -0.2) is 0 Å². The highest BCUT2D eigenvalue weighted by molar-refractivity contribution is 6.55. The van der Waals surface area contributed by atoms with Gasteiger partial charge in [0.25, 0.3) is 0 Å². The van der Waals surface area contributed by atoms with Gasteiger partial charge in [0.1, 0.15) is 0 Å². The van der Waals surface area contributed by atoms with Gasteiger partial charge in [-0.2, -0.15) is 26.3 Å². The summed E-state index contributed by atoms with van der Waals surface area (Å²) in [6, 6.07) is 3.16. The van der Waals surface area contributed by atoms with E-state index in [2.05, 4.69) is 0 Å². The Morgan fingerprint density at radius 1 is 0.464 bits per heavy atom. The van der Waals surface area contributed by atoms with E-state index in [4.69, 9.17) is 46.4 Å². The van der Waals surface area contributed by atoms with E-state index in [0.29, 0.717) is 0 Å². The quantitative estimate of drug-likeness (QED) is 0.175. The van der Waals surface area contributed by atoms with Gasteiger partial charge >= 0.3 is 12.4 Å². The van der Waals surface area contributed by atoms with Crippen LogP contribution < -0.4 is 0 Å². The van der Waals surface area contributed by atoms with Crippen LogP contribution in [0.5, 0.6) is 0 Å². The molecule has 0 aliphatic rings. The van der Waals surface area contributed by atoms with Gasteiger partial charge in [-0.3, -0.25) is 0 Å². The van der Waals surface area contributed by atoms with E-state index in [1.54, 1.807) is 0 Å². The van der Waals surface area contributed by atoms with Crippen LogP contribution in [0.4, 0.5) is 26.3 Å². The molecule has 0 heterocycles. The van der Waals surface area contributed by atoms with Crippen LogP contribution in [0, 0.1) is 0 Å². The molecule has 28 heavy (non-hydrogen) atoms. The Labute approximate surface area is 172 Å². The molecular formula is C18H4Cl4F6. The molecule has 0 fully saturated rings. The molecule has 0 aliphatic carbocycles. The largest absolute Gasteiger partial charge is 0.416 e. The molecule has 10 heteroatoms. The maximum Gasteiger partial charge on any atom is 0.416 e. The number of hydrogen-bond donors (Lipinski definition) is 0. The Morgan fingerprint density at radius 3 is 0.857 bits per heavy atom. The van der Waals surface area contributed by atoms with E-state index in [9.17, 15) is 26.3 Å². The second-order valence-corrected chi connectivity index (χ2v) is 7.66. The summed E-state index contributed by atoms with van der Waals surface area (Å²) in [4.78, 5) is 0. The first kappa shape index (κ1) is 20.0. The standard InChI is InChI=1S/C18H4Cl4F6/c19-13-7-1-5(17(23,24)25)2-8-11(7)12-9(14(13)20)3-6(18(26,27)28)4-10(12)16(22)15(8)21/h1-4H. The maximum atomic E-state index is 13.3. The van der Waals surface area contributed by atoms with Crippen molar-refractivity contribution in [3.63, 3.8) is 0 Å². The highest BCUT2D eigenvalue weighted by atomic mass is 35.5. The molecule has 4 aromatic carbocycles. The third-order valence-electron chi connectivity index (χ3n) is 4.51. The second-order valence-electron chi connectivity index (χ2n) is 6.14. The SMILES string of the molecule is FC(F)(F)c1cc2c(Cl)c(Cl)c3cc(C(F)(F)F)cc4c(Cl)c(Cl)c(c1)c2c34. The first-order chi connectivity index (χ1) is 12.8. The van der Waals surface area contributed by atoms with E-state index in [1.807, 2.05) is 0 Å². The highest BCUT2D eigenvalue weighted by Gasteiger charge is 2.35. The molecule has 0 saturated carbocycles. The van der Waals surface area contributed by atoms with Crippen molar-refractivity contribution in [3.8, 4) is 0 Å². The van der Waals surface area contributed by atoms with Crippen LogP contribution in [0.2, 0.25) is 20.1 Å². The summed E-state index contributed by atoms with van der Waals surface area (Å²) in [7, 11) is 0. The lowest BCUT2D eigenvalue weighted by molar-refractivity contribution is -0.138. The van der Waals surface area contributed by atoms with Crippen LogP contribution in [0.15, 0.2) is 24.3 Å². The minimum atomic E-state index is -4.71. The van der Waals surface area contributed by atoms with E-state index in [-0.39, 0.29) is 52.4 Å². The van der Waals surface area contributed by atoms with Gasteiger partial charge in [-0.15, -0.1) is 0 Å². The molecule has 4 rings (SSSR count). The molecule has 0 nitrogen and oxygen atoms in total. The lowest BCUT2D eigenvalue weighted by atomic mass is 9.91. The number of benzene rings is 4. The number of halogens is 10. The van der Waals surface area contributed by atoms with Crippen molar-refractivity contribution >= 4 is 78.7 Å². The van der Waals surface area contributed by atoms with Crippen LogP contribution >= 0.6 is 46.4 Å². The molecule has 146 valence electrons. The molecule has 0 N–H and O–H groups in total. The zero-order chi connectivity index (χ0) is 20.8. The predicted molar refractivity (Wildman–Crippen MR) is 100 cm³/mol. The van der Waals surface area contributed by atoms with Crippen molar-refractivity contribution in [1.29, 1.82) is 0 Å². The monoisotopic (exact) mass is 474 g/mol. The Bertz CT molecular complexity index is 1100. The third kappa shape index (κ3) is 2.76. The van der Waals surface area contributed by atoms with Crippen LogP contribution in [0.1, 0.15) is 11.1 Å². The van der Waals surface area contributed by atoms with Crippen molar-refractivity contribution in [2.75, 3.05) is 0 Å². The molecule has 0 atom stereocenters. The average molecular weight is 476 g/mol. The molecule has 4 aromatic rings. The van der Waals surface area contributed by atoms with Gasteiger partial charge in [0.2, 0.25) is 0 Å². The fourth-order valence-electron chi connectivity index (χ4n) is 3.32. The Hall–Kier alpha value is -1.34. The van der Waals surface area contributed by atoms with E-state index < -0.39 is 23.5 Å². The molecular weight excluding hydrogens is 472 g/mol. The van der Waals surface area contributed by atoms with Gasteiger partial charge in [0.05, 0.1) is 31.2 Å². The van der Waals surface area contributed by atoms with Crippen molar-refractivity contribution in [1.82, 2.24) is 0 Å². The number of alkyl halides is 6. The second kappa shape index (κ2) is 6.08. The molecule has 0 spiro atoms. The first-order valence-electron chi connectivity index (χ1n) is 7.45. The number of rotatable bonds is 0. The summed E-state index contributed by atoms with van der Waals surface area (Å²) < 4.78 is 79.9. The molecule has 0 amide bonds. The van der Waals surface area contributed by atoms with Crippen LogP contribution in [0.3, 0.4) is 0 Å². The zero-order valence-corrected chi connectivity index (χ0v) is 16.1. The van der Waals surface area contributed by atoms with Gasteiger partial charge < -0.3 is 0 Å². The van der Waals surface area contributed by atoms with Crippen molar-refractivity contribution < 1.29 is 26.3 Å². The summed E-state index contributed by atoms with van der Waals surface area (Å²) in [5.41, 5.74) is -2.07. The van der Waals surface area contributed by atoms with Crippen molar-refractivity contribution in [2.45, 2.75) is 12.4 Å². The number of hydrogen-bond acceptors (Lipinski definition) is 0. The minimum Gasteiger partial charge on any atom is -0.166 e. The van der Waals surface area contributed by atoms with Crippen molar-refractivity contribution in [2.24, 2.45) is 0 Å².